The molecule has 0 saturated carbocycles. The number of anilines is 4. The highest BCUT2D eigenvalue weighted by atomic mass is 127. The SMILES string of the molecule is Oc1ccc(I)cc1/C=N\Nc1nc(Nc2cccc3ccccc23)nc(N2CCOCC2)n1. The quantitative estimate of drug-likeness (QED) is 0.179. The van der Waals surface area contributed by atoms with Crippen molar-refractivity contribution in [3.05, 3.63) is 69.8 Å². The first-order valence-corrected chi connectivity index (χ1v) is 11.8. The maximum atomic E-state index is 10.0. The fraction of sp³-hybridized carbons (Fsp3) is 0.167. The van der Waals surface area contributed by atoms with Gasteiger partial charge < -0.3 is 20.1 Å². The van der Waals surface area contributed by atoms with Crippen LogP contribution in [0.15, 0.2) is 65.8 Å². The number of nitrogens with zero attached hydrogens (tertiary/aromatic N) is 5. The van der Waals surface area contributed by atoms with Crippen molar-refractivity contribution >= 4 is 63.1 Å². The van der Waals surface area contributed by atoms with E-state index in [2.05, 4.69) is 76.5 Å². The van der Waals surface area contributed by atoms with Gasteiger partial charge >= 0.3 is 0 Å². The Hall–Kier alpha value is -3.51. The van der Waals surface area contributed by atoms with Gasteiger partial charge in [-0.05, 0) is 52.2 Å². The number of rotatable bonds is 6. The number of aromatic hydroxyl groups is 1. The molecule has 0 aliphatic carbocycles. The second kappa shape index (κ2) is 10.2. The number of benzene rings is 3. The third-order valence-corrected chi connectivity index (χ3v) is 5.98. The Kier molecular flexibility index (Phi) is 6.67. The van der Waals surface area contributed by atoms with Crippen molar-refractivity contribution in [2.45, 2.75) is 0 Å². The van der Waals surface area contributed by atoms with Crippen molar-refractivity contribution in [2.24, 2.45) is 5.10 Å². The van der Waals surface area contributed by atoms with E-state index in [1.165, 1.54) is 6.21 Å². The van der Waals surface area contributed by atoms with Gasteiger partial charge in [-0.3, -0.25) is 0 Å². The molecule has 4 aromatic rings. The summed E-state index contributed by atoms with van der Waals surface area (Å²) < 4.78 is 6.46. The number of hydrazone groups is 1. The molecule has 9 nitrogen and oxygen atoms in total. The van der Waals surface area contributed by atoms with Gasteiger partial charge in [0.15, 0.2) is 0 Å². The number of ether oxygens (including phenoxy) is 1. The fourth-order valence-corrected chi connectivity index (χ4v) is 4.13. The van der Waals surface area contributed by atoms with Crippen LogP contribution < -0.4 is 15.6 Å². The first-order chi connectivity index (χ1) is 16.7. The van der Waals surface area contributed by atoms with E-state index >= 15 is 0 Å². The van der Waals surface area contributed by atoms with E-state index in [1.807, 2.05) is 36.4 Å². The minimum atomic E-state index is 0.147. The molecule has 10 heteroatoms. The summed E-state index contributed by atoms with van der Waals surface area (Å²) >= 11 is 2.18. The van der Waals surface area contributed by atoms with Gasteiger partial charge in [0.2, 0.25) is 17.8 Å². The van der Waals surface area contributed by atoms with Gasteiger partial charge in [0.25, 0.3) is 0 Å². The fourth-order valence-electron chi connectivity index (χ4n) is 3.62. The number of nitrogens with one attached hydrogen (secondary N) is 2. The van der Waals surface area contributed by atoms with Crippen LogP contribution >= 0.6 is 22.6 Å². The summed E-state index contributed by atoms with van der Waals surface area (Å²) in [5.41, 5.74) is 4.37. The number of hydrogen-bond acceptors (Lipinski definition) is 9. The Bertz CT molecular complexity index is 1340. The topological polar surface area (TPSA) is 108 Å². The summed E-state index contributed by atoms with van der Waals surface area (Å²) in [5, 5.41) is 19.8. The predicted octanol–water partition coefficient (Wildman–Crippen LogP) is 4.36. The molecule has 1 aliphatic heterocycles. The van der Waals surface area contributed by atoms with Crippen molar-refractivity contribution in [3.8, 4) is 5.75 Å². The number of aromatic nitrogens is 3. The molecule has 172 valence electrons. The van der Waals surface area contributed by atoms with Crippen LogP contribution in [0.4, 0.5) is 23.5 Å². The Morgan fingerprint density at radius 3 is 2.65 bits per heavy atom. The highest BCUT2D eigenvalue weighted by Crippen LogP contribution is 2.26. The van der Waals surface area contributed by atoms with Crippen molar-refractivity contribution < 1.29 is 9.84 Å². The van der Waals surface area contributed by atoms with Crippen LogP contribution in [-0.2, 0) is 4.74 Å². The largest absolute Gasteiger partial charge is 0.507 e. The van der Waals surface area contributed by atoms with Gasteiger partial charge in [0.05, 0.1) is 19.4 Å². The third-order valence-electron chi connectivity index (χ3n) is 5.31. The van der Waals surface area contributed by atoms with E-state index in [0.717, 1.165) is 20.0 Å². The number of halogens is 1. The van der Waals surface area contributed by atoms with Crippen LogP contribution in [0.5, 0.6) is 5.75 Å². The van der Waals surface area contributed by atoms with E-state index in [1.54, 1.807) is 6.07 Å². The first-order valence-electron chi connectivity index (χ1n) is 10.8. The molecule has 0 amide bonds. The van der Waals surface area contributed by atoms with E-state index in [0.29, 0.717) is 49.7 Å². The second-order valence-electron chi connectivity index (χ2n) is 7.61. The summed E-state index contributed by atoms with van der Waals surface area (Å²) in [4.78, 5) is 15.8. The second-order valence-corrected chi connectivity index (χ2v) is 8.85. The molecule has 3 aromatic carbocycles. The van der Waals surface area contributed by atoms with Crippen molar-refractivity contribution in [2.75, 3.05) is 41.9 Å². The Morgan fingerprint density at radius 1 is 0.971 bits per heavy atom. The van der Waals surface area contributed by atoms with Crippen LogP contribution in [-0.4, -0.2) is 52.6 Å². The van der Waals surface area contributed by atoms with Gasteiger partial charge in [-0.15, -0.1) is 0 Å². The smallest absolute Gasteiger partial charge is 0.250 e. The maximum Gasteiger partial charge on any atom is 0.250 e. The number of phenolic OH excluding ortho intramolecular Hbond substituents is 1. The van der Waals surface area contributed by atoms with Gasteiger partial charge in [0.1, 0.15) is 5.75 Å². The van der Waals surface area contributed by atoms with E-state index in [9.17, 15) is 5.11 Å². The molecule has 1 saturated heterocycles. The molecule has 0 spiro atoms. The molecule has 1 aliphatic rings. The van der Waals surface area contributed by atoms with Crippen LogP contribution in [0.25, 0.3) is 10.8 Å². The molecule has 0 unspecified atom stereocenters. The average Bonchev–Trinajstić information content (AvgIpc) is 2.87. The zero-order chi connectivity index (χ0) is 23.3. The van der Waals surface area contributed by atoms with Crippen molar-refractivity contribution in [3.63, 3.8) is 0 Å². The lowest BCUT2D eigenvalue weighted by Gasteiger charge is -2.27. The number of fused-ring (bicyclic) bond motifs is 1. The van der Waals surface area contributed by atoms with Gasteiger partial charge in [-0.1, -0.05) is 36.4 Å². The molecule has 5 rings (SSSR count). The summed E-state index contributed by atoms with van der Waals surface area (Å²) in [7, 11) is 0. The maximum absolute atomic E-state index is 10.0. The van der Waals surface area contributed by atoms with Crippen molar-refractivity contribution in [1.29, 1.82) is 0 Å². The molecule has 2 heterocycles. The molecule has 3 N–H and O–H groups in total. The van der Waals surface area contributed by atoms with E-state index < -0.39 is 0 Å². The Labute approximate surface area is 210 Å². The standard InChI is InChI=1S/C24H22IN7O2/c25-18-8-9-21(33)17(14-18)15-26-31-23-28-22(29-24(30-23)32-10-12-34-13-11-32)27-20-7-3-5-16-4-1-2-6-19(16)20/h1-9,14-15,33H,10-13H2,(H2,27,28,29,30,31)/b26-15-. The summed E-state index contributed by atoms with van der Waals surface area (Å²) in [6.07, 6.45) is 1.54. The molecule has 0 atom stereocenters. The van der Waals surface area contributed by atoms with E-state index in [4.69, 9.17) is 4.74 Å². The van der Waals surface area contributed by atoms with Gasteiger partial charge in [-0.25, -0.2) is 5.43 Å². The molecular weight excluding hydrogens is 545 g/mol. The van der Waals surface area contributed by atoms with Crippen LogP contribution in [0.1, 0.15) is 5.56 Å². The van der Waals surface area contributed by atoms with Gasteiger partial charge in [-0.2, -0.15) is 20.1 Å². The zero-order valence-corrected chi connectivity index (χ0v) is 20.3. The number of phenols is 1. The van der Waals surface area contributed by atoms with Crippen LogP contribution in [0.3, 0.4) is 0 Å². The molecule has 0 bridgehead atoms. The minimum absolute atomic E-state index is 0.147. The molecule has 34 heavy (non-hydrogen) atoms. The number of hydrogen-bond donors (Lipinski definition) is 3. The summed E-state index contributed by atoms with van der Waals surface area (Å²) in [5.74, 6) is 1.38. The molecule has 1 fully saturated rings. The lowest BCUT2D eigenvalue weighted by atomic mass is 10.1. The van der Waals surface area contributed by atoms with Gasteiger partial charge in [0, 0.05) is 33.3 Å². The average molecular weight is 567 g/mol. The lowest BCUT2D eigenvalue weighted by molar-refractivity contribution is 0.122. The van der Waals surface area contributed by atoms with Crippen LogP contribution in [0.2, 0.25) is 0 Å². The Morgan fingerprint density at radius 2 is 1.76 bits per heavy atom. The van der Waals surface area contributed by atoms with Crippen molar-refractivity contribution in [1.82, 2.24) is 15.0 Å². The zero-order valence-electron chi connectivity index (χ0n) is 18.1. The highest BCUT2D eigenvalue weighted by molar-refractivity contribution is 14.1. The summed E-state index contributed by atoms with van der Waals surface area (Å²) in [6.45, 7) is 2.61. The molecule has 1 aromatic heterocycles. The normalized spacial score (nSPS) is 14.0. The van der Waals surface area contributed by atoms with Crippen LogP contribution in [0, 0.1) is 3.57 Å². The predicted molar refractivity (Wildman–Crippen MR) is 142 cm³/mol. The number of morpholine rings is 1. The third kappa shape index (κ3) is 5.18. The summed E-state index contributed by atoms with van der Waals surface area (Å²) in [6, 6.07) is 19.5. The Balaban J connectivity index is 1.45. The van der Waals surface area contributed by atoms with E-state index in [-0.39, 0.29) is 5.75 Å². The molecular formula is C24H22IN7O2. The lowest BCUT2D eigenvalue weighted by Crippen LogP contribution is -2.37. The minimum Gasteiger partial charge on any atom is -0.507 e. The molecule has 0 radical (unpaired) electrons. The highest BCUT2D eigenvalue weighted by Gasteiger charge is 2.17. The monoisotopic (exact) mass is 567 g/mol. The first kappa shape index (κ1) is 22.3.